The van der Waals surface area contributed by atoms with E-state index in [1.54, 1.807) is 47.6 Å². The minimum Gasteiger partial charge on any atom is -0.497 e. The summed E-state index contributed by atoms with van der Waals surface area (Å²) in [6.45, 7) is 1.69. The first kappa shape index (κ1) is 23.4. The van der Waals surface area contributed by atoms with E-state index < -0.39 is 0 Å². The van der Waals surface area contributed by atoms with E-state index in [0.717, 1.165) is 30.6 Å². The van der Waals surface area contributed by atoms with E-state index in [4.69, 9.17) is 9.47 Å². The first-order valence-corrected chi connectivity index (χ1v) is 13.0. The zero-order valence-corrected chi connectivity index (χ0v) is 20.7. The maximum Gasteiger partial charge on any atom is 0.254 e. The molecule has 1 aromatic heterocycles. The first-order chi connectivity index (χ1) is 17.1. The molecule has 1 aliphatic heterocycles. The summed E-state index contributed by atoms with van der Waals surface area (Å²) < 4.78 is 11.3. The van der Waals surface area contributed by atoms with Gasteiger partial charge in [-0.1, -0.05) is 18.2 Å². The Balaban J connectivity index is 1.33. The minimum atomic E-state index is -0.170. The van der Waals surface area contributed by atoms with E-state index in [1.165, 1.54) is 4.88 Å². The van der Waals surface area contributed by atoms with Gasteiger partial charge in [0.1, 0.15) is 24.7 Å². The Morgan fingerprint density at radius 2 is 1.80 bits per heavy atom. The lowest BCUT2D eigenvalue weighted by Crippen LogP contribution is -2.48. The second kappa shape index (κ2) is 10.5. The Morgan fingerprint density at radius 3 is 2.51 bits per heavy atom. The van der Waals surface area contributed by atoms with Crippen LogP contribution in [0.3, 0.4) is 0 Å². The highest BCUT2D eigenvalue weighted by atomic mass is 32.1. The Morgan fingerprint density at radius 1 is 1.03 bits per heavy atom. The normalized spacial score (nSPS) is 16.9. The molecule has 0 bridgehead atoms. The molecule has 1 saturated carbocycles. The summed E-state index contributed by atoms with van der Waals surface area (Å²) in [6, 6.07) is 18.7. The molecular weight excluding hydrogens is 460 g/mol. The zero-order valence-electron chi connectivity index (χ0n) is 19.9. The molecule has 0 unspecified atom stereocenters. The van der Waals surface area contributed by atoms with Gasteiger partial charge in [-0.05, 0) is 78.6 Å². The molecule has 2 amide bonds. The molecule has 0 N–H and O–H groups in total. The van der Waals surface area contributed by atoms with Gasteiger partial charge in [0.2, 0.25) is 5.91 Å². The predicted molar refractivity (Wildman–Crippen MR) is 136 cm³/mol. The summed E-state index contributed by atoms with van der Waals surface area (Å²) in [5.41, 5.74) is 1.72. The van der Waals surface area contributed by atoms with Crippen molar-refractivity contribution in [2.75, 3.05) is 33.4 Å². The number of amides is 2. The fourth-order valence-electron chi connectivity index (χ4n) is 4.57. The van der Waals surface area contributed by atoms with Crippen LogP contribution in [0.1, 0.15) is 39.7 Å². The highest BCUT2D eigenvalue weighted by molar-refractivity contribution is 7.10. The summed E-state index contributed by atoms with van der Waals surface area (Å²) in [4.78, 5) is 32.0. The molecule has 0 radical (unpaired) electrons. The lowest BCUT2D eigenvalue weighted by molar-refractivity contribution is -0.135. The van der Waals surface area contributed by atoms with Crippen molar-refractivity contribution in [1.29, 1.82) is 0 Å². The van der Waals surface area contributed by atoms with Gasteiger partial charge >= 0.3 is 0 Å². The maximum absolute atomic E-state index is 13.7. The highest BCUT2D eigenvalue weighted by Crippen LogP contribution is 2.35. The van der Waals surface area contributed by atoms with E-state index in [0.29, 0.717) is 36.9 Å². The fraction of sp³-hybridized carbons (Fsp3) is 0.357. The van der Waals surface area contributed by atoms with Gasteiger partial charge in [0.05, 0.1) is 13.2 Å². The Kier molecular flexibility index (Phi) is 7.04. The van der Waals surface area contributed by atoms with E-state index in [2.05, 4.69) is 11.4 Å². The van der Waals surface area contributed by atoms with Crippen LogP contribution >= 0.6 is 11.3 Å². The Labute approximate surface area is 210 Å². The number of fused-ring (bicyclic) bond motifs is 1. The third-order valence-electron chi connectivity index (χ3n) is 6.69. The number of hydrogen-bond acceptors (Lipinski definition) is 5. The predicted octanol–water partition coefficient (Wildman–Crippen LogP) is 4.81. The van der Waals surface area contributed by atoms with Crippen molar-refractivity contribution in [3.63, 3.8) is 0 Å². The van der Waals surface area contributed by atoms with Crippen LogP contribution in [0.4, 0.5) is 0 Å². The van der Waals surface area contributed by atoms with Crippen molar-refractivity contribution >= 4 is 23.2 Å². The number of nitrogens with zero attached hydrogens (tertiary/aromatic N) is 2. The number of carbonyl (C=O) groups excluding carboxylic acids is 2. The summed E-state index contributed by atoms with van der Waals surface area (Å²) in [7, 11) is 1.60. The van der Waals surface area contributed by atoms with Crippen LogP contribution in [0, 0.1) is 5.92 Å². The SMILES string of the molecule is COc1ccc(C(=O)N(CC(=O)N2CCc3sccc3[C@H]2COc2ccccc2)CC2CC2)cc1. The Bertz CT molecular complexity index is 1160. The van der Waals surface area contributed by atoms with Gasteiger partial charge in [-0.25, -0.2) is 0 Å². The number of para-hydroxylation sites is 1. The van der Waals surface area contributed by atoms with Crippen molar-refractivity contribution in [2.24, 2.45) is 5.92 Å². The molecule has 1 fully saturated rings. The third kappa shape index (κ3) is 5.51. The van der Waals surface area contributed by atoms with Crippen LogP contribution in [0.2, 0.25) is 0 Å². The van der Waals surface area contributed by atoms with Crippen molar-refractivity contribution < 1.29 is 19.1 Å². The van der Waals surface area contributed by atoms with Gasteiger partial charge in [0, 0.05) is 23.5 Å². The highest BCUT2D eigenvalue weighted by Gasteiger charge is 2.35. The van der Waals surface area contributed by atoms with Crippen molar-refractivity contribution in [3.8, 4) is 11.5 Å². The largest absolute Gasteiger partial charge is 0.497 e. The van der Waals surface area contributed by atoms with Crippen molar-refractivity contribution in [3.05, 3.63) is 82.0 Å². The van der Waals surface area contributed by atoms with Crippen LogP contribution in [-0.2, 0) is 11.2 Å². The summed E-state index contributed by atoms with van der Waals surface area (Å²) in [5, 5.41) is 2.08. The minimum absolute atomic E-state index is 0.0361. The molecule has 0 spiro atoms. The second-order valence-corrected chi connectivity index (χ2v) is 10.1. The number of rotatable bonds is 9. The summed E-state index contributed by atoms with van der Waals surface area (Å²) in [6.07, 6.45) is 3.04. The lowest BCUT2D eigenvalue weighted by Gasteiger charge is -2.37. The fourth-order valence-corrected chi connectivity index (χ4v) is 5.50. The van der Waals surface area contributed by atoms with Crippen LogP contribution in [0.25, 0.3) is 0 Å². The molecule has 1 atom stereocenters. The number of thiophene rings is 1. The average Bonchev–Trinajstić information content (AvgIpc) is 3.59. The van der Waals surface area contributed by atoms with E-state index in [-0.39, 0.29) is 24.4 Å². The van der Waals surface area contributed by atoms with Gasteiger partial charge < -0.3 is 19.3 Å². The van der Waals surface area contributed by atoms with Gasteiger partial charge in [0.25, 0.3) is 5.91 Å². The van der Waals surface area contributed by atoms with Crippen LogP contribution < -0.4 is 9.47 Å². The van der Waals surface area contributed by atoms with E-state index in [9.17, 15) is 9.59 Å². The number of carbonyl (C=O) groups is 2. The maximum atomic E-state index is 13.7. The van der Waals surface area contributed by atoms with Gasteiger partial charge in [-0.3, -0.25) is 9.59 Å². The molecule has 182 valence electrons. The van der Waals surface area contributed by atoms with E-state index in [1.807, 2.05) is 35.2 Å². The monoisotopic (exact) mass is 490 g/mol. The second-order valence-electron chi connectivity index (χ2n) is 9.13. The van der Waals surface area contributed by atoms with Gasteiger partial charge in [-0.15, -0.1) is 11.3 Å². The smallest absolute Gasteiger partial charge is 0.254 e. The molecule has 35 heavy (non-hydrogen) atoms. The standard InChI is InChI=1S/C28H30N2O4S/c1-33-22-11-9-21(10-12-22)28(32)29(17-20-7-8-20)18-27(31)30-15-13-26-24(14-16-35-26)25(30)19-34-23-5-3-2-4-6-23/h2-6,9-12,14,16,20,25H,7-8,13,15,17-19H2,1H3/t25-/m1/s1. The molecule has 0 saturated heterocycles. The molecule has 2 heterocycles. The molecule has 7 heteroatoms. The van der Waals surface area contributed by atoms with Crippen molar-refractivity contribution in [2.45, 2.75) is 25.3 Å². The molecule has 5 rings (SSSR count). The molecule has 3 aromatic rings. The number of hydrogen-bond donors (Lipinski definition) is 0. The van der Waals surface area contributed by atoms with Crippen LogP contribution in [0.15, 0.2) is 66.0 Å². The van der Waals surface area contributed by atoms with Gasteiger partial charge in [-0.2, -0.15) is 0 Å². The molecule has 1 aliphatic carbocycles. The van der Waals surface area contributed by atoms with E-state index >= 15 is 0 Å². The molecular formula is C28H30N2O4S. The average molecular weight is 491 g/mol. The first-order valence-electron chi connectivity index (χ1n) is 12.1. The summed E-state index contributed by atoms with van der Waals surface area (Å²) in [5.74, 6) is 1.82. The third-order valence-corrected chi connectivity index (χ3v) is 7.69. The topological polar surface area (TPSA) is 59.1 Å². The Hall–Kier alpha value is -3.32. The van der Waals surface area contributed by atoms with Crippen LogP contribution in [-0.4, -0.2) is 55.0 Å². The van der Waals surface area contributed by atoms with Crippen molar-refractivity contribution in [1.82, 2.24) is 9.80 Å². The van der Waals surface area contributed by atoms with Gasteiger partial charge in [0.15, 0.2) is 0 Å². The van der Waals surface area contributed by atoms with Crippen LogP contribution in [0.5, 0.6) is 11.5 Å². The number of methoxy groups -OCH3 is 1. The zero-order chi connectivity index (χ0) is 24.2. The quantitative estimate of drug-likeness (QED) is 0.432. The lowest BCUT2D eigenvalue weighted by atomic mass is 10.0. The molecule has 2 aliphatic rings. The molecule has 6 nitrogen and oxygen atoms in total. The summed E-state index contributed by atoms with van der Waals surface area (Å²) >= 11 is 1.73. The number of benzene rings is 2. The number of ether oxygens (including phenoxy) is 2. The molecule has 2 aromatic carbocycles.